The molecule has 0 saturated carbocycles. The van der Waals surface area contributed by atoms with Crippen molar-refractivity contribution in [2.24, 2.45) is 5.92 Å². The minimum Gasteiger partial charge on any atom is -0.434 e. The molecule has 20 heavy (non-hydrogen) atoms. The van der Waals surface area contributed by atoms with Crippen molar-refractivity contribution in [3.63, 3.8) is 0 Å². The van der Waals surface area contributed by atoms with E-state index in [-0.39, 0.29) is 5.75 Å². The lowest BCUT2D eigenvalue weighted by Crippen LogP contribution is -2.29. The van der Waals surface area contributed by atoms with Gasteiger partial charge in [0.25, 0.3) is 0 Å². The van der Waals surface area contributed by atoms with Crippen LogP contribution in [0, 0.1) is 5.92 Å². The van der Waals surface area contributed by atoms with Gasteiger partial charge in [-0.2, -0.15) is 8.78 Å². The molecule has 0 aliphatic rings. The molecule has 0 bridgehead atoms. The Morgan fingerprint density at radius 2 is 1.85 bits per heavy atom. The Bertz CT molecular complexity index is 384. The van der Waals surface area contributed by atoms with Crippen molar-refractivity contribution in [1.29, 1.82) is 0 Å². The van der Waals surface area contributed by atoms with Gasteiger partial charge in [-0.25, -0.2) is 0 Å². The molecular formula is C16H25F2NO. The first kappa shape index (κ1) is 16.9. The van der Waals surface area contributed by atoms with Gasteiger partial charge in [-0.3, -0.25) is 0 Å². The van der Waals surface area contributed by atoms with Crippen LogP contribution in [0.1, 0.15) is 45.6 Å². The quantitative estimate of drug-likeness (QED) is 0.716. The Hall–Kier alpha value is -1.16. The highest BCUT2D eigenvalue weighted by atomic mass is 19.3. The molecule has 0 aliphatic carbocycles. The molecule has 0 saturated heterocycles. The number of halogens is 2. The van der Waals surface area contributed by atoms with E-state index in [1.807, 2.05) is 12.1 Å². The maximum Gasteiger partial charge on any atom is 0.387 e. The summed E-state index contributed by atoms with van der Waals surface area (Å²) in [6, 6.07) is 7.35. The molecule has 0 radical (unpaired) electrons. The standard InChI is InChI=1S/C16H25F2NO/c1-4-12(3)10-14(5-2)19-11-13-8-6-7-9-15(13)20-16(17)18/h6-9,12,14,16,19H,4-5,10-11H2,1-3H3. The van der Waals surface area contributed by atoms with Crippen LogP contribution in [0.5, 0.6) is 5.75 Å². The summed E-state index contributed by atoms with van der Waals surface area (Å²) in [5, 5.41) is 3.44. The minimum absolute atomic E-state index is 0.258. The van der Waals surface area contributed by atoms with Gasteiger partial charge >= 0.3 is 6.61 Å². The molecule has 2 unspecified atom stereocenters. The monoisotopic (exact) mass is 285 g/mol. The molecule has 2 atom stereocenters. The zero-order valence-corrected chi connectivity index (χ0v) is 12.5. The van der Waals surface area contributed by atoms with Crippen molar-refractivity contribution >= 4 is 0 Å². The predicted molar refractivity (Wildman–Crippen MR) is 78.1 cm³/mol. The van der Waals surface area contributed by atoms with E-state index in [1.165, 1.54) is 0 Å². The number of nitrogens with one attached hydrogen (secondary N) is 1. The number of alkyl halides is 2. The van der Waals surface area contributed by atoms with Crippen molar-refractivity contribution in [1.82, 2.24) is 5.32 Å². The van der Waals surface area contributed by atoms with E-state index in [4.69, 9.17) is 0 Å². The van der Waals surface area contributed by atoms with Crippen LogP contribution in [0.4, 0.5) is 8.78 Å². The SMILES string of the molecule is CCC(C)CC(CC)NCc1ccccc1OC(F)F. The zero-order chi connectivity index (χ0) is 15.0. The predicted octanol–water partition coefficient (Wildman–Crippen LogP) is 4.59. The number of para-hydroxylation sites is 1. The molecule has 0 spiro atoms. The summed E-state index contributed by atoms with van der Waals surface area (Å²) in [5.41, 5.74) is 0.774. The summed E-state index contributed by atoms with van der Waals surface area (Å²) in [5.74, 6) is 0.924. The molecule has 0 heterocycles. The summed E-state index contributed by atoms with van der Waals surface area (Å²) < 4.78 is 29.2. The second-order valence-corrected chi connectivity index (χ2v) is 5.22. The van der Waals surface area contributed by atoms with Crippen LogP contribution in [-0.2, 0) is 6.54 Å². The molecule has 1 rings (SSSR count). The number of ether oxygens (including phenoxy) is 1. The van der Waals surface area contributed by atoms with Crippen LogP contribution in [0.15, 0.2) is 24.3 Å². The van der Waals surface area contributed by atoms with Crippen molar-refractivity contribution in [2.45, 2.75) is 59.2 Å². The van der Waals surface area contributed by atoms with Gasteiger partial charge in [-0.15, -0.1) is 0 Å². The fourth-order valence-corrected chi connectivity index (χ4v) is 2.16. The normalized spacial score (nSPS) is 14.3. The summed E-state index contributed by atoms with van der Waals surface area (Å²) in [7, 11) is 0. The highest BCUT2D eigenvalue weighted by Crippen LogP contribution is 2.21. The molecule has 0 fully saturated rings. The molecule has 2 nitrogen and oxygen atoms in total. The maximum absolute atomic E-state index is 12.3. The Morgan fingerprint density at radius 3 is 2.45 bits per heavy atom. The van der Waals surface area contributed by atoms with E-state index in [0.29, 0.717) is 18.5 Å². The fraction of sp³-hybridized carbons (Fsp3) is 0.625. The number of benzene rings is 1. The van der Waals surface area contributed by atoms with E-state index in [9.17, 15) is 8.78 Å². The molecule has 0 aromatic heterocycles. The first-order chi connectivity index (χ1) is 9.56. The van der Waals surface area contributed by atoms with Crippen LogP contribution in [0.2, 0.25) is 0 Å². The molecule has 4 heteroatoms. The summed E-state index contributed by atoms with van der Waals surface area (Å²) in [4.78, 5) is 0. The topological polar surface area (TPSA) is 21.3 Å². The lowest BCUT2D eigenvalue weighted by Gasteiger charge is -2.21. The lowest BCUT2D eigenvalue weighted by molar-refractivity contribution is -0.0505. The third-order valence-corrected chi connectivity index (χ3v) is 3.65. The van der Waals surface area contributed by atoms with E-state index in [2.05, 4.69) is 30.8 Å². The molecule has 0 aliphatic heterocycles. The van der Waals surface area contributed by atoms with Gasteiger partial charge in [0.2, 0.25) is 0 Å². The molecule has 1 aromatic carbocycles. The second-order valence-electron chi connectivity index (χ2n) is 5.22. The Morgan fingerprint density at radius 1 is 1.15 bits per heavy atom. The molecule has 1 N–H and O–H groups in total. The van der Waals surface area contributed by atoms with Gasteiger partial charge in [0.05, 0.1) is 0 Å². The highest BCUT2D eigenvalue weighted by Gasteiger charge is 2.12. The fourth-order valence-electron chi connectivity index (χ4n) is 2.16. The Kier molecular flexibility index (Phi) is 7.52. The van der Waals surface area contributed by atoms with Gasteiger partial charge in [0, 0.05) is 18.2 Å². The van der Waals surface area contributed by atoms with Gasteiger partial charge in [-0.05, 0) is 24.8 Å². The molecular weight excluding hydrogens is 260 g/mol. The maximum atomic E-state index is 12.3. The van der Waals surface area contributed by atoms with Crippen LogP contribution in [-0.4, -0.2) is 12.7 Å². The van der Waals surface area contributed by atoms with Crippen molar-refractivity contribution in [3.05, 3.63) is 29.8 Å². The van der Waals surface area contributed by atoms with E-state index < -0.39 is 6.61 Å². The Labute approximate surface area is 120 Å². The molecule has 114 valence electrons. The molecule has 0 amide bonds. The Balaban J connectivity index is 2.59. The average molecular weight is 285 g/mol. The van der Waals surface area contributed by atoms with Gasteiger partial charge < -0.3 is 10.1 Å². The second kappa shape index (κ2) is 8.90. The van der Waals surface area contributed by atoms with Crippen molar-refractivity contribution in [2.75, 3.05) is 0 Å². The lowest BCUT2D eigenvalue weighted by atomic mass is 9.97. The van der Waals surface area contributed by atoms with E-state index >= 15 is 0 Å². The van der Waals surface area contributed by atoms with Gasteiger partial charge in [-0.1, -0.05) is 45.4 Å². The first-order valence-corrected chi connectivity index (χ1v) is 7.32. The minimum atomic E-state index is -2.78. The van der Waals surface area contributed by atoms with E-state index in [0.717, 1.165) is 24.8 Å². The summed E-state index contributed by atoms with van der Waals surface area (Å²) in [6.45, 7) is 4.33. The van der Waals surface area contributed by atoms with Crippen molar-refractivity contribution in [3.8, 4) is 5.75 Å². The van der Waals surface area contributed by atoms with E-state index in [1.54, 1.807) is 12.1 Å². The zero-order valence-electron chi connectivity index (χ0n) is 12.5. The summed E-state index contributed by atoms with van der Waals surface area (Å²) in [6.07, 6.45) is 3.29. The molecule has 1 aromatic rings. The highest BCUT2D eigenvalue weighted by molar-refractivity contribution is 5.33. The number of hydrogen-bond donors (Lipinski definition) is 1. The number of rotatable bonds is 9. The third kappa shape index (κ3) is 5.87. The van der Waals surface area contributed by atoms with Crippen LogP contribution < -0.4 is 10.1 Å². The van der Waals surface area contributed by atoms with Crippen LogP contribution in [0.3, 0.4) is 0 Å². The largest absolute Gasteiger partial charge is 0.434 e. The summed E-state index contributed by atoms with van der Waals surface area (Å²) >= 11 is 0. The van der Waals surface area contributed by atoms with Gasteiger partial charge in [0.1, 0.15) is 5.75 Å². The third-order valence-electron chi connectivity index (χ3n) is 3.65. The first-order valence-electron chi connectivity index (χ1n) is 7.32. The average Bonchev–Trinajstić information content (AvgIpc) is 2.43. The van der Waals surface area contributed by atoms with Crippen LogP contribution >= 0.6 is 0 Å². The van der Waals surface area contributed by atoms with Gasteiger partial charge in [0.15, 0.2) is 0 Å². The van der Waals surface area contributed by atoms with Crippen molar-refractivity contribution < 1.29 is 13.5 Å². The van der Waals surface area contributed by atoms with Crippen LogP contribution in [0.25, 0.3) is 0 Å². The number of hydrogen-bond acceptors (Lipinski definition) is 2. The smallest absolute Gasteiger partial charge is 0.387 e.